The zero-order valence-corrected chi connectivity index (χ0v) is 14.4. The Labute approximate surface area is 157 Å². The summed E-state index contributed by atoms with van der Waals surface area (Å²) in [5.41, 5.74) is 2.53. The van der Waals surface area contributed by atoms with E-state index in [9.17, 15) is 18.9 Å². The second kappa shape index (κ2) is 7.03. The van der Waals surface area contributed by atoms with E-state index < -0.39 is 4.92 Å². The fraction of sp³-hybridized carbons (Fsp3) is 0.0526. The van der Waals surface area contributed by atoms with Crippen molar-refractivity contribution in [2.24, 2.45) is 0 Å². The van der Waals surface area contributed by atoms with E-state index in [1.807, 2.05) is 0 Å². The smallest absolute Gasteiger partial charge is 0.258 e. The monoisotopic (exact) mass is 381 g/mol. The number of nitrogens with zero attached hydrogens (tertiary/aromatic N) is 5. The number of nitro groups is 1. The Morgan fingerprint density at radius 2 is 1.57 bits per heavy atom. The molecular formula is C19H13F2N5O2. The fourth-order valence-electron chi connectivity index (χ4n) is 2.80. The molecule has 140 valence electrons. The maximum atomic E-state index is 13.3. The van der Waals surface area contributed by atoms with Crippen molar-refractivity contribution in [1.82, 2.24) is 19.6 Å². The van der Waals surface area contributed by atoms with Gasteiger partial charge in [0.25, 0.3) is 0 Å². The SMILES string of the molecule is O=[N+]([O-])c1cnn(Cn2nc(-c3ccc(F)cc3)cc2-c2ccc(F)cc2)c1. The molecule has 2 heterocycles. The molecule has 2 aromatic carbocycles. The molecule has 0 amide bonds. The van der Waals surface area contributed by atoms with Crippen LogP contribution in [0.1, 0.15) is 0 Å². The van der Waals surface area contributed by atoms with Gasteiger partial charge in [-0.15, -0.1) is 0 Å². The van der Waals surface area contributed by atoms with E-state index in [2.05, 4.69) is 10.2 Å². The molecule has 2 aromatic heterocycles. The third-order valence-electron chi connectivity index (χ3n) is 4.17. The minimum Gasteiger partial charge on any atom is -0.258 e. The molecule has 9 heteroatoms. The number of hydrogen-bond acceptors (Lipinski definition) is 4. The molecule has 0 saturated heterocycles. The van der Waals surface area contributed by atoms with E-state index in [1.54, 1.807) is 35.0 Å². The van der Waals surface area contributed by atoms with Crippen molar-refractivity contribution >= 4 is 5.69 Å². The van der Waals surface area contributed by atoms with Gasteiger partial charge in [0.15, 0.2) is 0 Å². The summed E-state index contributed by atoms with van der Waals surface area (Å²) < 4.78 is 29.5. The zero-order chi connectivity index (χ0) is 19.7. The van der Waals surface area contributed by atoms with Gasteiger partial charge in [-0.2, -0.15) is 10.2 Å². The molecule has 0 radical (unpaired) electrons. The van der Waals surface area contributed by atoms with Crippen LogP contribution in [-0.4, -0.2) is 24.5 Å². The maximum absolute atomic E-state index is 13.3. The van der Waals surface area contributed by atoms with Crippen molar-refractivity contribution in [3.8, 4) is 22.5 Å². The van der Waals surface area contributed by atoms with Gasteiger partial charge in [-0.3, -0.25) is 10.1 Å². The summed E-state index contributed by atoms with van der Waals surface area (Å²) >= 11 is 0. The molecule has 28 heavy (non-hydrogen) atoms. The summed E-state index contributed by atoms with van der Waals surface area (Å²) in [5.74, 6) is -0.720. The van der Waals surface area contributed by atoms with Crippen LogP contribution in [0.15, 0.2) is 67.0 Å². The van der Waals surface area contributed by atoms with Crippen molar-refractivity contribution in [1.29, 1.82) is 0 Å². The standard InChI is InChI=1S/C19H13F2N5O2/c20-15-5-1-13(2-6-15)18-9-19(14-3-7-16(21)8-4-14)25(23-18)12-24-11-17(10-22-24)26(27)28/h1-11H,12H2. The third kappa shape index (κ3) is 3.50. The lowest BCUT2D eigenvalue weighted by molar-refractivity contribution is -0.385. The highest BCUT2D eigenvalue weighted by molar-refractivity contribution is 5.68. The van der Waals surface area contributed by atoms with Gasteiger partial charge < -0.3 is 0 Å². The summed E-state index contributed by atoms with van der Waals surface area (Å²) in [7, 11) is 0. The molecule has 0 unspecified atom stereocenters. The van der Waals surface area contributed by atoms with Crippen LogP contribution in [-0.2, 0) is 6.67 Å². The van der Waals surface area contributed by atoms with Crippen LogP contribution in [0.3, 0.4) is 0 Å². The topological polar surface area (TPSA) is 78.8 Å². The summed E-state index contributed by atoms with van der Waals surface area (Å²) in [6.45, 7) is 0.113. The van der Waals surface area contributed by atoms with Crippen LogP contribution < -0.4 is 0 Å². The van der Waals surface area contributed by atoms with E-state index >= 15 is 0 Å². The van der Waals surface area contributed by atoms with E-state index in [-0.39, 0.29) is 24.0 Å². The molecule has 0 N–H and O–H groups in total. The normalized spacial score (nSPS) is 10.9. The Morgan fingerprint density at radius 1 is 0.964 bits per heavy atom. The van der Waals surface area contributed by atoms with Crippen molar-refractivity contribution in [2.75, 3.05) is 0 Å². The highest BCUT2D eigenvalue weighted by Crippen LogP contribution is 2.27. The summed E-state index contributed by atoms with van der Waals surface area (Å²) in [6.07, 6.45) is 2.45. The van der Waals surface area contributed by atoms with Gasteiger partial charge in [-0.1, -0.05) is 0 Å². The molecule has 0 bridgehead atoms. The lowest BCUT2D eigenvalue weighted by atomic mass is 10.1. The molecule has 0 atom stereocenters. The van der Waals surface area contributed by atoms with Crippen molar-refractivity contribution in [2.45, 2.75) is 6.67 Å². The van der Waals surface area contributed by atoms with E-state index in [0.29, 0.717) is 22.5 Å². The number of hydrogen-bond donors (Lipinski definition) is 0. The van der Waals surface area contributed by atoms with Gasteiger partial charge in [0.1, 0.15) is 30.7 Å². The second-order valence-electron chi connectivity index (χ2n) is 6.06. The fourth-order valence-corrected chi connectivity index (χ4v) is 2.80. The van der Waals surface area contributed by atoms with Gasteiger partial charge >= 0.3 is 5.69 Å². The highest BCUT2D eigenvalue weighted by atomic mass is 19.1. The Bertz CT molecular complexity index is 1130. The van der Waals surface area contributed by atoms with Gasteiger partial charge in [0, 0.05) is 11.1 Å². The van der Waals surface area contributed by atoms with Crippen molar-refractivity contribution in [3.63, 3.8) is 0 Å². The largest absolute Gasteiger partial charge is 0.307 e. The van der Waals surface area contributed by atoms with Gasteiger partial charge in [-0.05, 0) is 54.6 Å². The molecule has 4 aromatic rings. The molecular weight excluding hydrogens is 368 g/mol. The molecule has 0 spiro atoms. The minimum atomic E-state index is -0.530. The second-order valence-corrected chi connectivity index (χ2v) is 6.06. The first kappa shape index (κ1) is 17.5. The van der Waals surface area contributed by atoms with Crippen molar-refractivity contribution < 1.29 is 13.7 Å². The Balaban J connectivity index is 1.76. The van der Waals surface area contributed by atoms with E-state index in [4.69, 9.17) is 0 Å². The van der Waals surface area contributed by atoms with E-state index in [1.165, 1.54) is 35.1 Å². The zero-order valence-electron chi connectivity index (χ0n) is 14.4. The number of halogens is 2. The molecule has 4 rings (SSSR count). The molecule has 7 nitrogen and oxygen atoms in total. The van der Waals surface area contributed by atoms with Crippen LogP contribution in [0.25, 0.3) is 22.5 Å². The van der Waals surface area contributed by atoms with Crippen molar-refractivity contribution in [3.05, 3.63) is 88.7 Å². The number of benzene rings is 2. The first-order chi connectivity index (χ1) is 13.5. The first-order valence-corrected chi connectivity index (χ1v) is 8.26. The summed E-state index contributed by atoms with van der Waals surface area (Å²) in [6, 6.07) is 13.6. The van der Waals surface area contributed by atoms with Crippen LogP contribution in [0.2, 0.25) is 0 Å². The van der Waals surface area contributed by atoms with Gasteiger partial charge in [0.05, 0.1) is 16.3 Å². The van der Waals surface area contributed by atoms with Crippen LogP contribution in [0, 0.1) is 21.7 Å². The Kier molecular flexibility index (Phi) is 4.40. The average molecular weight is 381 g/mol. The average Bonchev–Trinajstić information content (AvgIpc) is 3.31. The van der Waals surface area contributed by atoms with Crippen LogP contribution in [0.5, 0.6) is 0 Å². The molecule has 0 saturated carbocycles. The molecule has 0 aliphatic rings. The van der Waals surface area contributed by atoms with Gasteiger partial charge in [-0.25, -0.2) is 18.1 Å². The Morgan fingerprint density at radius 3 is 2.14 bits per heavy atom. The molecule has 0 aliphatic heterocycles. The summed E-state index contributed by atoms with van der Waals surface area (Å²) in [4.78, 5) is 10.3. The summed E-state index contributed by atoms with van der Waals surface area (Å²) in [5, 5.41) is 19.4. The third-order valence-corrected chi connectivity index (χ3v) is 4.17. The predicted octanol–water partition coefficient (Wildman–Crippen LogP) is 4.11. The number of aromatic nitrogens is 4. The quantitative estimate of drug-likeness (QED) is 0.385. The highest BCUT2D eigenvalue weighted by Gasteiger charge is 2.14. The molecule has 0 aliphatic carbocycles. The minimum absolute atomic E-state index is 0.113. The van der Waals surface area contributed by atoms with Crippen LogP contribution >= 0.6 is 0 Å². The lowest BCUT2D eigenvalue weighted by Gasteiger charge is -2.07. The van der Waals surface area contributed by atoms with E-state index in [0.717, 1.165) is 6.20 Å². The molecule has 0 fully saturated rings. The number of rotatable bonds is 5. The van der Waals surface area contributed by atoms with Crippen LogP contribution in [0.4, 0.5) is 14.5 Å². The lowest BCUT2D eigenvalue weighted by Crippen LogP contribution is -2.11. The predicted molar refractivity (Wildman–Crippen MR) is 97.3 cm³/mol. The van der Waals surface area contributed by atoms with Gasteiger partial charge in [0.2, 0.25) is 0 Å². The first-order valence-electron chi connectivity index (χ1n) is 8.26. The Hall–Kier alpha value is -3.88. The maximum Gasteiger partial charge on any atom is 0.307 e.